The second kappa shape index (κ2) is 57.1. The Kier molecular flexibility index (Phi) is 53.5. The third kappa shape index (κ3) is 54.5. The second-order valence-electron chi connectivity index (χ2n) is 18.1. The van der Waals surface area contributed by atoms with Crippen LogP contribution in [0, 0.1) is 0 Å². The predicted octanol–water partition coefficient (Wildman–Crippen LogP) is 19.0. The van der Waals surface area contributed by atoms with E-state index in [1.165, 1.54) is 44.9 Å². The van der Waals surface area contributed by atoms with Crippen molar-refractivity contribution in [1.82, 2.24) is 0 Å². The molecule has 0 aliphatic carbocycles. The number of hydrogen-bond acceptors (Lipinski definition) is 6. The number of carbonyl (C=O) groups is 3. The Labute approximate surface area is 430 Å². The van der Waals surface area contributed by atoms with Crippen LogP contribution in [0.25, 0.3) is 0 Å². The first-order valence-corrected chi connectivity index (χ1v) is 28.2. The molecule has 1 atom stereocenters. The lowest BCUT2D eigenvalue weighted by Crippen LogP contribution is -2.30. The molecule has 0 aliphatic rings. The molecule has 70 heavy (non-hydrogen) atoms. The van der Waals surface area contributed by atoms with Gasteiger partial charge in [0, 0.05) is 19.3 Å². The molecule has 0 aliphatic heterocycles. The number of esters is 3. The van der Waals surface area contributed by atoms with Crippen LogP contribution in [0.5, 0.6) is 0 Å². The number of unbranched alkanes of at least 4 members (excludes halogenated alkanes) is 16. The van der Waals surface area contributed by atoms with Gasteiger partial charge < -0.3 is 14.2 Å². The van der Waals surface area contributed by atoms with Crippen molar-refractivity contribution < 1.29 is 28.6 Å². The molecule has 0 aromatic rings. The molecule has 6 nitrogen and oxygen atoms in total. The maximum Gasteiger partial charge on any atom is 0.306 e. The Morgan fingerprint density at radius 1 is 0.300 bits per heavy atom. The molecule has 0 fully saturated rings. The fraction of sp³-hybridized carbons (Fsp3) is 0.609. The van der Waals surface area contributed by atoms with Crippen LogP contribution < -0.4 is 0 Å². The number of carbonyl (C=O) groups excluding carboxylic acids is 3. The first-order valence-electron chi connectivity index (χ1n) is 28.2. The molecule has 0 radical (unpaired) electrons. The molecular formula is C64H102O6. The van der Waals surface area contributed by atoms with E-state index in [0.717, 1.165) is 141 Å². The summed E-state index contributed by atoms with van der Waals surface area (Å²) in [5.74, 6) is -1.00. The van der Waals surface area contributed by atoms with E-state index in [0.29, 0.717) is 12.8 Å². The first kappa shape index (κ1) is 65.5. The van der Waals surface area contributed by atoms with Gasteiger partial charge in [0.2, 0.25) is 0 Å². The number of ether oxygens (including phenoxy) is 3. The third-order valence-corrected chi connectivity index (χ3v) is 11.4. The van der Waals surface area contributed by atoms with Crippen molar-refractivity contribution in [2.45, 2.75) is 239 Å². The van der Waals surface area contributed by atoms with E-state index in [1.54, 1.807) is 0 Å². The molecule has 0 rings (SSSR count). The van der Waals surface area contributed by atoms with Gasteiger partial charge in [0.1, 0.15) is 13.2 Å². The van der Waals surface area contributed by atoms with Gasteiger partial charge in [-0.25, -0.2) is 0 Å². The molecule has 394 valence electrons. The number of rotatable bonds is 49. The van der Waals surface area contributed by atoms with Gasteiger partial charge in [-0.1, -0.05) is 219 Å². The van der Waals surface area contributed by atoms with Crippen molar-refractivity contribution >= 4 is 17.9 Å². The highest BCUT2D eigenvalue weighted by Crippen LogP contribution is 2.13. The third-order valence-electron chi connectivity index (χ3n) is 11.4. The van der Waals surface area contributed by atoms with Gasteiger partial charge in [-0.05, 0) is 128 Å². The molecule has 0 aromatic carbocycles. The summed E-state index contributed by atoms with van der Waals surface area (Å²) in [5.41, 5.74) is 0. The minimum atomic E-state index is -0.819. The average Bonchev–Trinajstić information content (AvgIpc) is 3.36. The van der Waals surface area contributed by atoms with Crippen LogP contribution in [0.2, 0.25) is 0 Å². The van der Waals surface area contributed by atoms with Gasteiger partial charge in [0.25, 0.3) is 0 Å². The SMILES string of the molecule is CC/C=C\C/C=C\C/C=C\C/C=C\C/C=C\C/C=C\C/C=C\CCCC(=O)OCC(COC(=O)CCCCCCC/C=C\CCCCCCC)OC(=O)CCCCCCC/C=C\C/C=C\C/C=C\CC. The van der Waals surface area contributed by atoms with Gasteiger partial charge in [-0.15, -0.1) is 0 Å². The van der Waals surface area contributed by atoms with Crippen molar-refractivity contribution in [3.05, 3.63) is 134 Å². The van der Waals surface area contributed by atoms with Gasteiger partial charge in [-0.3, -0.25) is 14.4 Å². The molecular weight excluding hydrogens is 865 g/mol. The van der Waals surface area contributed by atoms with Crippen molar-refractivity contribution in [2.75, 3.05) is 13.2 Å². The summed E-state index contributed by atoms with van der Waals surface area (Å²) < 4.78 is 16.8. The van der Waals surface area contributed by atoms with Crippen molar-refractivity contribution in [3.8, 4) is 0 Å². The number of allylic oxidation sites excluding steroid dienone is 22. The summed E-state index contributed by atoms with van der Waals surface area (Å²) in [6.07, 6.45) is 80.1. The van der Waals surface area contributed by atoms with E-state index < -0.39 is 6.10 Å². The lowest BCUT2D eigenvalue weighted by molar-refractivity contribution is -0.167. The van der Waals surface area contributed by atoms with Gasteiger partial charge >= 0.3 is 17.9 Å². The van der Waals surface area contributed by atoms with E-state index in [9.17, 15) is 14.4 Å². The molecule has 0 heterocycles. The topological polar surface area (TPSA) is 78.9 Å². The summed E-state index contributed by atoms with van der Waals surface area (Å²) in [4.78, 5) is 38.1. The largest absolute Gasteiger partial charge is 0.462 e. The maximum atomic E-state index is 12.8. The van der Waals surface area contributed by atoms with Crippen LogP contribution in [-0.4, -0.2) is 37.2 Å². The fourth-order valence-electron chi connectivity index (χ4n) is 7.20. The lowest BCUT2D eigenvalue weighted by atomic mass is 10.1. The highest BCUT2D eigenvalue weighted by atomic mass is 16.6. The van der Waals surface area contributed by atoms with E-state index in [2.05, 4.69) is 154 Å². The van der Waals surface area contributed by atoms with Crippen LogP contribution in [-0.2, 0) is 28.6 Å². The van der Waals surface area contributed by atoms with Crippen LogP contribution in [0.3, 0.4) is 0 Å². The number of hydrogen-bond donors (Lipinski definition) is 0. The molecule has 0 saturated carbocycles. The molecule has 0 amide bonds. The summed E-state index contributed by atoms with van der Waals surface area (Å²) in [5, 5.41) is 0. The Balaban J connectivity index is 4.52. The van der Waals surface area contributed by atoms with E-state index in [1.807, 2.05) is 0 Å². The molecule has 0 aromatic heterocycles. The van der Waals surface area contributed by atoms with Crippen LogP contribution >= 0.6 is 0 Å². The predicted molar refractivity (Wildman–Crippen MR) is 302 cm³/mol. The zero-order valence-corrected chi connectivity index (χ0v) is 45.0. The highest BCUT2D eigenvalue weighted by Gasteiger charge is 2.19. The fourth-order valence-corrected chi connectivity index (χ4v) is 7.20. The minimum absolute atomic E-state index is 0.112. The molecule has 0 bridgehead atoms. The van der Waals surface area contributed by atoms with Crippen LogP contribution in [0.1, 0.15) is 233 Å². The Hall–Kier alpha value is -4.45. The molecule has 6 heteroatoms. The van der Waals surface area contributed by atoms with Crippen molar-refractivity contribution in [1.29, 1.82) is 0 Å². The molecule has 0 spiro atoms. The van der Waals surface area contributed by atoms with Gasteiger partial charge in [0.15, 0.2) is 6.10 Å². The normalized spacial score (nSPS) is 13.1. The minimum Gasteiger partial charge on any atom is -0.462 e. The van der Waals surface area contributed by atoms with E-state index in [-0.39, 0.29) is 44.0 Å². The summed E-state index contributed by atoms with van der Waals surface area (Å²) >= 11 is 0. The Bertz CT molecular complexity index is 1530. The average molecular weight is 968 g/mol. The standard InChI is InChI=1S/C64H102O6/c1-4-7-10-13-16-19-22-25-28-29-30-31-32-33-34-35-37-39-42-45-48-51-54-57-63(66)69-60-61(59-68-62(65)56-53-50-47-44-41-38-27-24-21-18-15-12-9-6-3)70-64(67)58-55-52-49-46-43-40-36-26-23-20-17-14-11-8-5-2/h7-8,10-11,16-17,19-20,24-28,30-31,33-34,36-37,39,45,48,61H,4-6,9,12-15,18,21-23,29,32,35,38,40-44,46-47,49-60H2,1-3H3/b10-7-,11-8-,19-16-,20-17-,27-24-,28-25-,31-30-,34-33-,36-26-,39-37-,48-45-. The van der Waals surface area contributed by atoms with Crippen molar-refractivity contribution in [3.63, 3.8) is 0 Å². The molecule has 0 saturated heterocycles. The zero-order valence-electron chi connectivity index (χ0n) is 45.0. The zero-order chi connectivity index (χ0) is 50.7. The smallest absolute Gasteiger partial charge is 0.306 e. The van der Waals surface area contributed by atoms with E-state index >= 15 is 0 Å². The van der Waals surface area contributed by atoms with Crippen molar-refractivity contribution in [2.24, 2.45) is 0 Å². The van der Waals surface area contributed by atoms with E-state index in [4.69, 9.17) is 14.2 Å². The maximum absolute atomic E-state index is 12.8. The Morgan fingerprint density at radius 3 is 0.943 bits per heavy atom. The summed E-state index contributed by atoms with van der Waals surface area (Å²) in [6.45, 7) is 6.32. The van der Waals surface area contributed by atoms with Gasteiger partial charge in [-0.2, -0.15) is 0 Å². The lowest BCUT2D eigenvalue weighted by Gasteiger charge is -2.18. The second-order valence-corrected chi connectivity index (χ2v) is 18.1. The Morgan fingerprint density at radius 2 is 0.571 bits per heavy atom. The monoisotopic (exact) mass is 967 g/mol. The summed E-state index contributed by atoms with van der Waals surface area (Å²) in [6, 6.07) is 0. The van der Waals surface area contributed by atoms with Crippen LogP contribution in [0.15, 0.2) is 134 Å². The van der Waals surface area contributed by atoms with Crippen LogP contribution in [0.4, 0.5) is 0 Å². The molecule has 1 unspecified atom stereocenters. The first-order chi connectivity index (χ1) is 34.5. The highest BCUT2D eigenvalue weighted by molar-refractivity contribution is 5.71. The summed E-state index contributed by atoms with van der Waals surface area (Å²) in [7, 11) is 0. The van der Waals surface area contributed by atoms with Gasteiger partial charge in [0.05, 0.1) is 0 Å². The quantitative estimate of drug-likeness (QED) is 0.0262. The molecule has 0 N–H and O–H groups in total.